The van der Waals surface area contributed by atoms with Gasteiger partial charge in [-0.25, -0.2) is 4.98 Å². The van der Waals surface area contributed by atoms with Gasteiger partial charge in [0.05, 0.1) is 11.9 Å². The van der Waals surface area contributed by atoms with Gasteiger partial charge in [-0.3, -0.25) is 9.36 Å². The van der Waals surface area contributed by atoms with Crippen molar-refractivity contribution in [1.29, 1.82) is 0 Å². The summed E-state index contributed by atoms with van der Waals surface area (Å²) in [5, 5.41) is 0.823. The molecule has 1 aliphatic rings. The first-order chi connectivity index (χ1) is 9.65. The van der Waals surface area contributed by atoms with Crippen LogP contribution >= 0.6 is 11.3 Å². The van der Waals surface area contributed by atoms with E-state index in [-0.39, 0.29) is 5.56 Å². The topological polar surface area (TPSA) is 34.9 Å². The average molecular weight is 286 g/mol. The van der Waals surface area contributed by atoms with E-state index in [0.29, 0.717) is 12.5 Å². The highest BCUT2D eigenvalue weighted by Crippen LogP contribution is 2.35. The standard InChI is InChI=1S/C16H18N2OS/c1-4-8-18-13(5-2)17-15-14(16(18)19)11-7-6-10(3)9-12(11)20-15/h1,10H,5-9H2,2-3H3. The maximum absolute atomic E-state index is 12.7. The molecule has 3 rings (SSSR count). The summed E-state index contributed by atoms with van der Waals surface area (Å²) >= 11 is 1.70. The fraction of sp³-hybridized carbons (Fsp3) is 0.500. The first-order valence-corrected chi connectivity index (χ1v) is 7.94. The highest BCUT2D eigenvalue weighted by molar-refractivity contribution is 7.18. The van der Waals surface area contributed by atoms with E-state index in [9.17, 15) is 4.79 Å². The quantitative estimate of drug-likeness (QED) is 0.796. The number of nitrogens with zero attached hydrogens (tertiary/aromatic N) is 2. The van der Waals surface area contributed by atoms with Crippen LogP contribution < -0.4 is 5.56 Å². The molecule has 3 nitrogen and oxygen atoms in total. The largest absolute Gasteiger partial charge is 0.284 e. The third kappa shape index (κ3) is 1.97. The van der Waals surface area contributed by atoms with Gasteiger partial charge in [0.15, 0.2) is 0 Å². The van der Waals surface area contributed by atoms with Gasteiger partial charge in [0.1, 0.15) is 10.7 Å². The second kappa shape index (κ2) is 5.06. The summed E-state index contributed by atoms with van der Waals surface area (Å²) in [6, 6.07) is 0. The molecule has 4 heteroatoms. The molecule has 2 heterocycles. The van der Waals surface area contributed by atoms with Gasteiger partial charge < -0.3 is 0 Å². The van der Waals surface area contributed by atoms with Crippen molar-refractivity contribution in [3.05, 3.63) is 26.6 Å². The van der Waals surface area contributed by atoms with Crippen molar-refractivity contribution in [2.75, 3.05) is 0 Å². The van der Waals surface area contributed by atoms with Crippen LogP contribution in [0.1, 0.15) is 36.5 Å². The lowest BCUT2D eigenvalue weighted by atomic mass is 9.89. The van der Waals surface area contributed by atoms with Crippen molar-refractivity contribution in [1.82, 2.24) is 9.55 Å². The Balaban J connectivity index is 2.30. The van der Waals surface area contributed by atoms with Gasteiger partial charge in [-0.05, 0) is 30.7 Å². The summed E-state index contributed by atoms with van der Waals surface area (Å²) in [6.45, 7) is 4.59. The van der Waals surface area contributed by atoms with Crippen LogP contribution in [0.25, 0.3) is 10.2 Å². The van der Waals surface area contributed by atoms with E-state index >= 15 is 0 Å². The fourth-order valence-electron chi connectivity index (χ4n) is 2.99. The van der Waals surface area contributed by atoms with Gasteiger partial charge in [-0.1, -0.05) is 19.8 Å². The van der Waals surface area contributed by atoms with Crippen LogP contribution in [0, 0.1) is 18.3 Å². The molecular weight excluding hydrogens is 268 g/mol. The molecule has 104 valence electrons. The summed E-state index contributed by atoms with van der Waals surface area (Å²) in [7, 11) is 0. The highest BCUT2D eigenvalue weighted by Gasteiger charge is 2.24. The predicted molar refractivity (Wildman–Crippen MR) is 83.3 cm³/mol. The van der Waals surface area contributed by atoms with Crippen molar-refractivity contribution in [2.45, 2.75) is 46.1 Å². The Hall–Kier alpha value is -1.60. The van der Waals surface area contributed by atoms with E-state index in [2.05, 4.69) is 17.8 Å². The number of thiophene rings is 1. The van der Waals surface area contributed by atoms with Crippen molar-refractivity contribution in [2.24, 2.45) is 5.92 Å². The Bertz CT molecular complexity index is 763. The molecule has 0 saturated heterocycles. The van der Waals surface area contributed by atoms with Crippen LogP contribution in [0.4, 0.5) is 0 Å². The van der Waals surface area contributed by atoms with Crippen molar-refractivity contribution in [3.8, 4) is 12.3 Å². The lowest BCUT2D eigenvalue weighted by Crippen LogP contribution is -2.25. The summed E-state index contributed by atoms with van der Waals surface area (Å²) in [4.78, 5) is 19.7. The molecule has 0 spiro atoms. The monoisotopic (exact) mass is 286 g/mol. The minimum absolute atomic E-state index is 0.0526. The first kappa shape index (κ1) is 13.4. The van der Waals surface area contributed by atoms with Gasteiger partial charge in [0.2, 0.25) is 0 Å². The molecule has 20 heavy (non-hydrogen) atoms. The highest BCUT2D eigenvalue weighted by atomic mass is 32.1. The average Bonchev–Trinajstić information content (AvgIpc) is 2.79. The maximum atomic E-state index is 12.7. The molecule has 1 aliphatic carbocycles. The molecule has 0 amide bonds. The summed E-state index contributed by atoms with van der Waals surface area (Å²) in [5.74, 6) is 4.07. The van der Waals surface area contributed by atoms with Crippen LogP contribution in [-0.4, -0.2) is 9.55 Å². The first-order valence-electron chi connectivity index (χ1n) is 7.13. The van der Waals surface area contributed by atoms with E-state index in [4.69, 9.17) is 6.42 Å². The zero-order valence-corrected chi connectivity index (χ0v) is 12.7. The van der Waals surface area contributed by atoms with Crippen LogP contribution in [0.15, 0.2) is 4.79 Å². The SMILES string of the molecule is C#CCn1c(CC)nc2sc3c(c2c1=O)CCC(C)C3. The van der Waals surface area contributed by atoms with Crippen molar-refractivity contribution >= 4 is 21.6 Å². The summed E-state index contributed by atoms with van der Waals surface area (Å²) in [6.07, 6.45) is 9.35. The minimum Gasteiger partial charge on any atom is -0.284 e. The van der Waals surface area contributed by atoms with Gasteiger partial charge in [-0.2, -0.15) is 0 Å². The van der Waals surface area contributed by atoms with E-state index in [1.807, 2.05) is 6.92 Å². The Kier molecular flexibility index (Phi) is 3.39. The van der Waals surface area contributed by atoms with Crippen LogP contribution in [0.3, 0.4) is 0 Å². The molecule has 1 unspecified atom stereocenters. The Morgan fingerprint density at radius 1 is 1.55 bits per heavy atom. The Morgan fingerprint density at radius 2 is 2.35 bits per heavy atom. The number of terminal acetylenes is 1. The third-order valence-electron chi connectivity index (χ3n) is 4.06. The van der Waals surface area contributed by atoms with E-state index in [0.717, 1.165) is 41.7 Å². The lowest BCUT2D eigenvalue weighted by Gasteiger charge is -2.17. The molecule has 0 fully saturated rings. The molecule has 0 N–H and O–H groups in total. The zero-order chi connectivity index (χ0) is 14.3. The molecule has 2 aromatic rings. The number of hydrogen-bond donors (Lipinski definition) is 0. The smallest absolute Gasteiger partial charge is 0.263 e. The predicted octanol–water partition coefficient (Wildman–Crippen LogP) is 2.78. The van der Waals surface area contributed by atoms with Crippen molar-refractivity contribution < 1.29 is 0 Å². The van der Waals surface area contributed by atoms with Gasteiger partial charge >= 0.3 is 0 Å². The van der Waals surface area contributed by atoms with Crippen LogP contribution in [0.5, 0.6) is 0 Å². The van der Waals surface area contributed by atoms with Crippen molar-refractivity contribution in [3.63, 3.8) is 0 Å². The summed E-state index contributed by atoms with van der Waals surface area (Å²) in [5.41, 5.74) is 1.28. The number of aromatic nitrogens is 2. The van der Waals surface area contributed by atoms with Gasteiger partial charge in [0.25, 0.3) is 5.56 Å². The minimum atomic E-state index is 0.0526. The van der Waals surface area contributed by atoms with Crippen LogP contribution in [-0.2, 0) is 25.8 Å². The number of aryl methyl sites for hydroxylation is 2. The number of fused-ring (bicyclic) bond motifs is 3. The Morgan fingerprint density at radius 3 is 3.05 bits per heavy atom. The number of rotatable bonds is 2. The molecule has 2 aromatic heterocycles. The normalized spacial score (nSPS) is 17.9. The van der Waals surface area contributed by atoms with Crippen LogP contribution in [0.2, 0.25) is 0 Å². The molecule has 0 aromatic carbocycles. The molecule has 0 radical (unpaired) electrons. The zero-order valence-electron chi connectivity index (χ0n) is 11.9. The summed E-state index contributed by atoms with van der Waals surface area (Å²) < 4.78 is 1.66. The van der Waals surface area contributed by atoms with E-state index < -0.39 is 0 Å². The fourth-order valence-corrected chi connectivity index (χ4v) is 4.38. The molecule has 0 bridgehead atoms. The Labute approximate surface area is 122 Å². The number of hydrogen-bond acceptors (Lipinski definition) is 3. The van der Waals surface area contributed by atoms with Gasteiger partial charge in [0, 0.05) is 11.3 Å². The second-order valence-electron chi connectivity index (χ2n) is 5.51. The molecular formula is C16H18N2OS. The third-order valence-corrected chi connectivity index (χ3v) is 5.21. The maximum Gasteiger partial charge on any atom is 0.263 e. The van der Waals surface area contributed by atoms with E-state index in [1.165, 1.54) is 10.4 Å². The lowest BCUT2D eigenvalue weighted by molar-refractivity contribution is 0.509. The van der Waals surface area contributed by atoms with Gasteiger partial charge in [-0.15, -0.1) is 17.8 Å². The molecule has 1 atom stereocenters. The second-order valence-corrected chi connectivity index (χ2v) is 6.59. The molecule has 0 saturated carbocycles. The van der Waals surface area contributed by atoms with E-state index in [1.54, 1.807) is 15.9 Å². The molecule has 0 aliphatic heterocycles.